The van der Waals surface area contributed by atoms with E-state index in [4.69, 9.17) is 16.3 Å². The molecule has 0 aromatic heterocycles. The molecule has 19 heavy (non-hydrogen) atoms. The SMILES string of the molecule is Cc1cc(C)cc(COc2c(Cl)cccc2CBr)c1. The maximum atomic E-state index is 6.19. The molecule has 0 fully saturated rings. The van der Waals surface area contributed by atoms with Crippen LogP contribution in [0.2, 0.25) is 5.02 Å². The Balaban J connectivity index is 2.18. The van der Waals surface area contributed by atoms with E-state index in [1.54, 1.807) is 0 Å². The average molecular weight is 340 g/mol. The Labute approximate surface area is 127 Å². The van der Waals surface area contributed by atoms with E-state index in [1.807, 2.05) is 18.2 Å². The van der Waals surface area contributed by atoms with Gasteiger partial charge in [0, 0.05) is 10.9 Å². The fourth-order valence-corrected chi connectivity index (χ4v) is 2.82. The molecule has 0 N–H and O–H groups in total. The molecule has 0 amide bonds. The third-order valence-corrected chi connectivity index (χ3v) is 3.76. The molecule has 2 rings (SSSR count). The van der Waals surface area contributed by atoms with Crippen molar-refractivity contribution in [1.29, 1.82) is 0 Å². The normalized spacial score (nSPS) is 10.5. The molecule has 3 heteroatoms. The summed E-state index contributed by atoms with van der Waals surface area (Å²) in [5.41, 5.74) is 4.73. The highest BCUT2D eigenvalue weighted by Crippen LogP contribution is 2.30. The van der Waals surface area contributed by atoms with E-state index in [-0.39, 0.29) is 0 Å². The maximum Gasteiger partial charge on any atom is 0.142 e. The van der Waals surface area contributed by atoms with Crippen LogP contribution >= 0.6 is 27.5 Å². The van der Waals surface area contributed by atoms with E-state index in [0.29, 0.717) is 11.6 Å². The number of hydrogen-bond acceptors (Lipinski definition) is 1. The Kier molecular flexibility index (Phi) is 4.89. The predicted octanol–water partition coefficient (Wildman–Crippen LogP) is 5.43. The highest BCUT2D eigenvalue weighted by atomic mass is 79.9. The number of halogens is 2. The minimum absolute atomic E-state index is 0.534. The van der Waals surface area contributed by atoms with Crippen molar-refractivity contribution in [2.45, 2.75) is 25.8 Å². The summed E-state index contributed by atoms with van der Waals surface area (Å²) >= 11 is 9.64. The second-order valence-corrected chi connectivity index (χ2v) is 5.61. The Hall–Kier alpha value is -0.990. The van der Waals surface area contributed by atoms with Crippen LogP contribution < -0.4 is 4.74 Å². The van der Waals surface area contributed by atoms with Crippen molar-refractivity contribution >= 4 is 27.5 Å². The standard InChI is InChI=1S/C16H16BrClO/c1-11-6-12(2)8-13(7-11)10-19-16-14(9-17)4-3-5-15(16)18/h3-8H,9-10H2,1-2H3. The molecule has 1 nitrogen and oxygen atoms in total. The molecule has 0 bridgehead atoms. The van der Waals surface area contributed by atoms with E-state index >= 15 is 0 Å². The lowest BCUT2D eigenvalue weighted by Crippen LogP contribution is -1.99. The number of ether oxygens (including phenoxy) is 1. The van der Waals surface area contributed by atoms with Crippen LogP contribution in [0.3, 0.4) is 0 Å². The van der Waals surface area contributed by atoms with Crippen LogP contribution in [0.1, 0.15) is 22.3 Å². The summed E-state index contributed by atoms with van der Waals surface area (Å²) in [5, 5.41) is 1.39. The molecule has 0 saturated carbocycles. The van der Waals surface area contributed by atoms with Crippen molar-refractivity contribution in [3.8, 4) is 5.75 Å². The molecule has 0 aliphatic heterocycles. The van der Waals surface area contributed by atoms with Crippen LogP contribution in [-0.4, -0.2) is 0 Å². The summed E-state index contributed by atoms with van der Waals surface area (Å²) in [7, 11) is 0. The minimum atomic E-state index is 0.534. The van der Waals surface area contributed by atoms with Crippen molar-refractivity contribution in [3.05, 3.63) is 63.7 Å². The van der Waals surface area contributed by atoms with Crippen molar-refractivity contribution < 1.29 is 4.74 Å². The molecular weight excluding hydrogens is 324 g/mol. The predicted molar refractivity (Wildman–Crippen MR) is 84.3 cm³/mol. The van der Waals surface area contributed by atoms with Gasteiger partial charge in [0.15, 0.2) is 0 Å². The second-order valence-electron chi connectivity index (χ2n) is 4.65. The first-order chi connectivity index (χ1) is 9.10. The Morgan fingerprint density at radius 3 is 2.42 bits per heavy atom. The molecule has 0 heterocycles. The van der Waals surface area contributed by atoms with Gasteiger partial charge in [-0.1, -0.05) is 69.0 Å². The number of hydrogen-bond donors (Lipinski definition) is 0. The van der Waals surface area contributed by atoms with Gasteiger partial charge in [0.2, 0.25) is 0 Å². The molecule has 0 radical (unpaired) electrons. The first kappa shape index (κ1) is 14.4. The number of benzene rings is 2. The van der Waals surface area contributed by atoms with Gasteiger partial charge in [-0.25, -0.2) is 0 Å². The first-order valence-electron chi connectivity index (χ1n) is 6.13. The van der Waals surface area contributed by atoms with E-state index in [2.05, 4.69) is 48.0 Å². The van der Waals surface area contributed by atoms with Crippen LogP contribution in [0.5, 0.6) is 5.75 Å². The van der Waals surface area contributed by atoms with Gasteiger partial charge >= 0.3 is 0 Å². The lowest BCUT2D eigenvalue weighted by molar-refractivity contribution is 0.304. The molecule has 0 aliphatic carbocycles. The average Bonchev–Trinajstić information content (AvgIpc) is 2.36. The highest BCUT2D eigenvalue weighted by Gasteiger charge is 2.08. The van der Waals surface area contributed by atoms with Gasteiger partial charge in [-0.05, 0) is 25.5 Å². The van der Waals surface area contributed by atoms with E-state index in [1.165, 1.54) is 11.1 Å². The zero-order valence-corrected chi connectivity index (χ0v) is 13.4. The summed E-state index contributed by atoms with van der Waals surface area (Å²) in [6.07, 6.45) is 0. The zero-order chi connectivity index (χ0) is 13.8. The summed E-state index contributed by atoms with van der Waals surface area (Å²) in [6, 6.07) is 12.2. The van der Waals surface area contributed by atoms with Gasteiger partial charge in [-0.2, -0.15) is 0 Å². The Bertz CT molecular complexity index is 561. The number of para-hydroxylation sites is 1. The molecule has 100 valence electrons. The largest absolute Gasteiger partial charge is 0.487 e. The number of alkyl halides is 1. The van der Waals surface area contributed by atoms with Crippen molar-refractivity contribution in [1.82, 2.24) is 0 Å². The summed E-state index contributed by atoms with van der Waals surface area (Å²) in [6.45, 7) is 4.72. The summed E-state index contributed by atoms with van der Waals surface area (Å²) < 4.78 is 5.89. The van der Waals surface area contributed by atoms with E-state index < -0.39 is 0 Å². The Morgan fingerprint density at radius 1 is 1.11 bits per heavy atom. The number of rotatable bonds is 4. The third kappa shape index (κ3) is 3.74. The molecule has 0 spiro atoms. The molecule has 2 aromatic carbocycles. The lowest BCUT2D eigenvalue weighted by atomic mass is 10.1. The summed E-state index contributed by atoms with van der Waals surface area (Å²) in [4.78, 5) is 0. The summed E-state index contributed by atoms with van der Waals surface area (Å²) in [5.74, 6) is 0.764. The van der Waals surface area contributed by atoms with Crippen LogP contribution in [0.4, 0.5) is 0 Å². The highest BCUT2D eigenvalue weighted by molar-refractivity contribution is 9.08. The fourth-order valence-electron chi connectivity index (χ4n) is 2.13. The van der Waals surface area contributed by atoms with Gasteiger partial charge in [0.1, 0.15) is 12.4 Å². The quantitative estimate of drug-likeness (QED) is 0.675. The van der Waals surface area contributed by atoms with Crippen LogP contribution in [0.15, 0.2) is 36.4 Å². The van der Waals surface area contributed by atoms with E-state index in [0.717, 1.165) is 22.2 Å². The third-order valence-electron chi connectivity index (χ3n) is 2.86. The molecule has 0 atom stereocenters. The maximum absolute atomic E-state index is 6.19. The molecule has 0 saturated heterocycles. The van der Waals surface area contributed by atoms with Gasteiger partial charge in [0.05, 0.1) is 5.02 Å². The van der Waals surface area contributed by atoms with Gasteiger partial charge in [-0.3, -0.25) is 0 Å². The smallest absolute Gasteiger partial charge is 0.142 e. The molecular formula is C16H16BrClO. The Morgan fingerprint density at radius 2 is 1.79 bits per heavy atom. The monoisotopic (exact) mass is 338 g/mol. The zero-order valence-electron chi connectivity index (χ0n) is 11.0. The minimum Gasteiger partial charge on any atom is -0.487 e. The van der Waals surface area contributed by atoms with Crippen molar-refractivity contribution in [3.63, 3.8) is 0 Å². The molecule has 0 aliphatic rings. The lowest BCUT2D eigenvalue weighted by Gasteiger charge is -2.12. The topological polar surface area (TPSA) is 9.23 Å². The molecule has 0 unspecified atom stereocenters. The van der Waals surface area contributed by atoms with Crippen molar-refractivity contribution in [2.24, 2.45) is 0 Å². The molecule has 2 aromatic rings. The van der Waals surface area contributed by atoms with Crippen molar-refractivity contribution in [2.75, 3.05) is 0 Å². The van der Waals surface area contributed by atoms with Crippen LogP contribution in [0.25, 0.3) is 0 Å². The van der Waals surface area contributed by atoms with E-state index in [9.17, 15) is 0 Å². The first-order valence-corrected chi connectivity index (χ1v) is 7.63. The van der Waals surface area contributed by atoms with Crippen LogP contribution in [-0.2, 0) is 11.9 Å². The van der Waals surface area contributed by atoms with Gasteiger partial charge in [0.25, 0.3) is 0 Å². The second kappa shape index (κ2) is 6.44. The van der Waals surface area contributed by atoms with Gasteiger partial charge < -0.3 is 4.74 Å². The number of aryl methyl sites for hydroxylation is 2. The van der Waals surface area contributed by atoms with Crippen LogP contribution in [0, 0.1) is 13.8 Å². The van der Waals surface area contributed by atoms with Gasteiger partial charge in [-0.15, -0.1) is 0 Å². The fraction of sp³-hybridized carbons (Fsp3) is 0.250.